The van der Waals surface area contributed by atoms with E-state index in [1.807, 2.05) is 29.6 Å². The van der Waals surface area contributed by atoms with Crippen LogP contribution < -0.4 is 10.1 Å². The van der Waals surface area contributed by atoms with Crippen molar-refractivity contribution in [3.8, 4) is 5.75 Å². The predicted octanol–water partition coefficient (Wildman–Crippen LogP) is 4.53. The van der Waals surface area contributed by atoms with Crippen LogP contribution in [0.15, 0.2) is 29.6 Å². The van der Waals surface area contributed by atoms with Crippen molar-refractivity contribution < 1.29 is 9.53 Å². The van der Waals surface area contributed by atoms with Crippen LogP contribution in [-0.2, 0) is 0 Å². The molecule has 1 N–H and O–H groups in total. The second kappa shape index (κ2) is 8.40. The second-order valence-electron chi connectivity index (χ2n) is 7.51. The molecular formula is C21H27N3O2S. The average Bonchev–Trinajstić information content (AvgIpc) is 3.40. The number of anilines is 1. The third kappa shape index (κ3) is 4.33. The fourth-order valence-electron chi connectivity index (χ4n) is 4.26. The van der Waals surface area contributed by atoms with Crippen LogP contribution in [0.3, 0.4) is 0 Å². The Balaban J connectivity index is 1.34. The molecule has 5 nitrogen and oxygen atoms in total. The Labute approximate surface area is 164 Å². The van der Waals surface area contributed by atoms with E-state index in [0.717, 1.165) is 35.3 Å². The van der Waals surface area contributed by atoms with E-state index in [0.29, 0.717) is 11.6 Å². The molecule has 1 amide bonds. The number of carbonyl (C=O) groups excluding carboxylic acids is 1. The molecule has 0 radical (unpaired) electrons. The Morgan fingerprint density at radius 1 is 1.22 bits per heavy atom. The molecule has 1 aromatic heterocycles. The number of nitrogens with zero attached hydrogens (tertiary/aromatic N) is 2. The third-order valence-corrected chi connectivity index (χ3v) is 6.81. The van der Waals surface area contributed by atoms with Crippen LogP contribution in [0.5, 0.6) is 5.75 Å². The van der Waals surface area contributed by atoms with Gasteiger partial charge in [-0.15, -0.1) is 11.3 Å². The summed E-state index contributed by atoms with van der Waals surface area (Å²) >= 11 is 1.62. The highest BCUT2D eigenvalue weighted by Crippen LogP contribution is 2.33. The van der Waals surface area contributed by atoms with Gasteiger partial charge in [-0.1, -0.05) is 18.9 Å². The number of aromatic nitrogens is 1. The first-order valence-corrected chi connectivity index (χ1v) is 10.8. The Morgan fingerprint density at radius 3 is 2.74 bits per heavy atom. The summed E-state index contributed by atoms with van der Waals surface area (Å²) in [6.45, 7) is 2.33. The summed E-state index contributed by atoms with van der Waals surface area (Å²) in [6, 6.07) is 8.19. The number of carbonyl (C=O) groups is 1. The lowest BCUT2D eigenvalue weighted by molar-refractivity contribution is 0.102. The Bertz CT molecular complexity index is 777. The standard InChI is InChI=1S/C21H27N3O2S/c1-26-18-8-4-5-16(13-18)22-20(25)19-14-27-21(23-19)15-9-11-24(12-10-15)17-6-2-3-7-17/h4-5,8,13-15,17H,2-3,6-7,9-12H2,1H3,(H,22,25). The number of methoxy groups -OCH3 is 1. The highest BCUT2D eigenvalue weighted by Gasteiger charge is 2.29. The maximum Gasteiger partial charge on any atom is 0.275 e. The van der Waals surface area contributed by atoms with Crippen molar-refractivity contribution in [1.82, 2.24) is 9.88 Å². The molecule has 0 spiro atoms. The van der Waals surface area contributed by atoms with E-state index in [1.54, 1.807) is 18.4 Å². The quantitative estimate of drug-likeness (QED) is 0.822. The van der Waals surface area contributed by atoms with Gasteiger partial charge in [0.2, 0.25) is 0 Å². The zero-order valence-electron chi connectivity index (χ0n) is 15.8. The molecule has 1 aliphatic heterocycles. The number of rotatable bonds is 5. The smallest absolute Gasteiger partial charge is 0.275 e. The van der Waals surface area contributed by atoms with E-state index >= 15 is 0 Å². The summed E-state index contributed by atoms with van der Waals surface area (Å²) in [5.74, 6) is 1.06. The number of hydrogen-bond donors (Lipinski definition) is 1. The SMILES string of the molecule is COc1cccc(NC(=O)c2csc(C3CCN(C4CCCC4)CC3)n2)c1. The van der Waals surface area contributed by atoms with Gasteiger partial charge in [0, 0.05) is 29.1 Å². The number of hydrogen-bond acceptors (Lipinski definition) is 5. The van der Waals surface area contributed by atoms with Crippen LogP contribution in [0.2, 0.25) is 0 Å². The summed E-state index contributed by atoms with van der Waals surface area (Å²) in [4.78, 5) is 19.8. The van der Waals surface area contributed by atoms with Gasteiger partial charge in [0.25, 0.3) is 5.91 Å². The molecule has 2 fully saturated rings. The molecule has 4 rings (SSSR count). The first kappa shape index (κ1) is 18.4. The molecule has 1 aliphatic carbocycles. The maximum atomic E-state index is 12.5. The first-order chi connectivity index (χ1) is 13.2. The van der Waals surface area contributed by atoms with Crippen LogP contribution in [0.1, 0.15) is 59.9 Å². The number of piperidine rings is 1. The van der Waals surface area contributed by atoms with Crippen molar-refractivity contribution in [2.75, 3.05) is 25.5 Å². The van der Waals surface area contributed by atoms with Crippen LogP contribution in [-0.4, -0.2) is 42.0 Å². The fraction of sp³-hybridized carbons (Fsp3) is 0.524. The van der Waals surface area contributed by atoms with Gasteiger partial charge < -0.3 is 15.0 Å². The van der Waals surface area contributed by atoms with Gasteiger partial charge in [0.05, 0.1) is 12.1 Å². The lowest BCUT2D eigenvalue weighted by Crippen LogP contribution is -2.39. The molecule has 6 heteroatoms. The van der Waals surface area contributed by atoms with E-state index in [9.17, 15) is 4.79 Å². The molecule has 2 aliphatic rings. The summed E-state index contributed by atoms with van der Waals surface area (Å²) in [7, 11) is 1.62. The highest BCUT2D eigenvalue weighted by atomic mass is 32.1. The third-order valence-electron chi connectivity index (χ3n) is 5.80. The van der Waals surface area contributed by atoms with Crippen molar-refractivity contribution in [3.05, 3.63) is 40.3 Å². The molecule has 1 aromatic carbocycles. The first-order valence-electron chi connectivity index (χ1n) is 9.88. The minimum Gasteiger partial charge on any atom is -0.497 e. The van der Waals surface area contributed by atoms with Gasteiger partial charge in [0.15, 0.2) is 0 Å². The van der Waals surface area contributed by atoms with Gasteiger partial charge >= 0.3 is 0 Å². The maximum absolute atomic E-state index is 12.5. The largest absolute Gasteiger partial charge is 0.497 e. The zero-order chi connectivity index (χ0) is 18.6. The average molecular weight is 386 g/mol. The van der Waals surface area contributed by atoms with Crippen molar-refractivity contribution in [3.63, 3.8) is 0 Å². The summed E-state index contributed by atoms with van der Waals surface area (Å²) in [5, 5.41) is 5.90. The molecule has 0 atom stereocenters. The lowest BCUT2D eigenvalue weighted by atomic mass is 9.96. The summed E-state index contributed by atoms with van der Waals surface area (Å²) in [6.07, 6.45) is 7.83. The van der Waals surface area contributed by atoms with E-state index in [2.05, 4.69) is 15.2 Å². The molecule has 27 heavy (non-hydrogen) atoms. The normalized spacial score (nSPS) is 19.3. The van der Waals surface area contributed by atoms with Crippen LogP contribution in [0.4, 0.5) is 5.69 Å². The Morgan fingerprint density at radius 2 is 2.00 bits per heavy atom. The number of nitrogens with one attached hydrogen (secondary N) is 1. The molecule has 0 unspecified atom stereocenters. The van der Waals surface area contributed by atoms with Gasteiger partial charge in [-0.2, -0.15) is 0 Å². The van der Waals surface area contributed by atoms with Gasteiger partial charge in [-0.3, -0.25) is 4.79 Å². The van der Waals surface area contributed by atoms with Crippen LogP contribution in [0.25, 0.3) is 0 Å². The molecular weight excluding hydrogens is 358 g/mol. The van der Waals surface area contributed by atoms with Gasteiger partial charge in [0.1, 0.15) is 11.4 Å². The summed E-state index contributed by atoms with van der Waals surface area (Å²) < 4.78 is 5.20. The zero-order valence-corrected chi connectivity index (χ0v) is 16.6. The molecule has 144 valence electrons. The fourth-order valence-corrected chi connectivity index (χ4v) is 5.23. The van der Waals surface area contributed by atoms with Crippen molar-refractivity contribution in [1.29, 1.82) is 0 Å². The van der Waals surface area contributed by atoms with Crippen molar-refractivity contribution >= 4 is 22.9 Å². The molecule has 1 saturated carbocycles. The number of ether oxygens (including phenoxy) is 1. The second-order valence-corrected chi connectivity index (χ2v) is 8.40. The monoisotopic (exact) mass is 385 g/mol. The summed E-state index contributed by atoms with van der Waals surface area (Å²) in [5.41, 5.74) is 1.23. The number of thiazole rings is 1. The number of likely N-dealkylation sites (tertiary alicyclic amines) is 1. The van der Waals surface area contributed by atoms with E-state index in [4.69, 9.17) is 4.74 Å². The van der Waals surface area contributed by atoms with Crippen LogP contribution in [0, 0.1) is 0 Å². The topological polar surface area (TPSA) is 54.5 Å². The van der Waals surface area contributed by atoms with E-state index < -0.39 is 0 Å². The predicted molar refractivity (Wildman–Crippen MR) is 109 cm³/mol. The molecule has 2 heterocycles. The van der Waals surface area contributed by atoms with E-state index in [1.165, 1.54) is 38.8 Å². The Kier molecular flexibility index (Phi) is 5.74. The lowest BCUT2D eigenvalue weighted by Gasteiger charge is -2.35. The Hall–Kier alpha value is -1.92. The van der Waals surface area contributed by atoms with Gasteiger partial charge in [-0.05, 0) is 50.9 Å². The number of amides is 1. The molecule has 2 aromatic rings. The van der Waals surface area contributed by atoms with Crippen molar-refractivity contribution in [2.24, 2.45) is 0 Å². The van der Waals surface area contributed by atoms with Gasteiger partial charge in [-0.25, -0.2) is 4.98 Å². The molecule has 1 saturated heterocycles. The minimum atomic E-state index is -0.158. The number of benzene rings is 1. The van der Waals surface area contributed by atoms with Crippen LogP contribution >= 0.6 is 11.3 Å². The van der Waals surface area contributed by atoms with E-state index in [-0.39, 0.29) is 5.91 Å². The van der Waals surface area contributed by atoms with Crippen molar-refractivity contribution in [2.45, 2.75) is 50.5 Å². The highest BCUT2D eigenvalue weighted by molar-refractivity contribution is 7.09. The minimum absolute atomic E-state index is 0.158. The molecule has 0 bridgehead atoms.